The minimum Gasteiger partial charge on any atom is -0.462 e. The maximum Gasteiger partial charge on any atom is 0.306 e. The molecule has 1 fully saturated rings. The third-order valence-electron chi connectivity index (χ3n) is 4.48. The minimum absolute atomic E-state index is 0.0176. The predicted octanol–water partition coefficient (Wildman–Crippen LogP) is 3.43. The highest BCUT2D eigenvalue weighted by atomic mass is 16.5. The van der Waals surface area contributed by atoms with E-state index in [2.05, 4.69) is 26.0 Å². The Morgan fingerprint density at radius 2 is 1.89 bits per heavy atom. The van der Waals surface area contributed by atoms with Crippen LogP contribution in [-0.4, -0.2) is 12.1 Å². The van der Waals surface area contributed by atoms with E-state index in [4.69, 9.17) is 4.74 Å². The Balaban J connectivity index is 1.96. The molecule has 1 aliphatic carbocycles. The summed E-state index contributed by atoms with van der Waals surface area (Å²) in [4.78, 5) is 11.3. The molecule has 1 heterocycles. The van der Waals surface area contributed by atoms with E-state index in [0.717, 1.165) is 12.8 Å². The summed E-state index contributed by atoms with van der Waals surface area (Å²) >= 11 is 0. The van der Waals surface area contributed by atoms with Crippen LogP contribution in [0.5, 0.6) is 0 Å². The maximum atomic E-state index is 11.3. The largest absolute Gasteiger partial charge is 0.462 e. The van der Waals surface area contributed by atoms with Gasteiger partial charge >= 0.3 is 5.97 Å². The van der Waals surface area contributed by atoms with E-state index in [1.54, 1.807) is 0 Å². The lowest BCUT2D eigenvalue weighted by Gasteiger charge is -2.30. The van der Waals surface area contributed by atoms with Gasteiger partial charge in [-0.25, -0.2) is 0 Å². The molecule has 18 heavy (non-hydrogen) atoms. The number of carbonyl (C=O) groups is 1. The van der Waals surface area contributed by atoms with E-state index in [0.29, 0.717) is 12.3 Å². The van der Waals surface area contributed by atoms with Crippen LogP contribution in [0, 0.1) is 13.8 Å². The molecular formula is C16H20O2. The lowest BCUT2D eigenvalue weighted by molar-refractivity contribution is -0.142. The second kappa shape index (κ2) is 4.42. The van der Waals surface area contributed by atoms with Crippen LogP contribution >= 0.6 is 0 Å². The molecule has 2 aliphatic rings. The number of hydrogen-bond acceptors (Lipinski definition) is 2. The molecule has 2 nitrogen and oxygen atoms in total. The average molecular weight is 244 g/mol. The van der Waals surface area contributed by atoms with Gasteiger partial charge in [0.15, 0.2) is 0 Å². The minimum atomic E-state index is -0.0176. The molecule has 0 amide bonds. The van der Waals surface area contributed by atoms with Crippen molar-refractivity contribution in [2.75, 3.05) is 0 Å². The smallest absolute Gasteiger partial charge is 0.306 e. The van der Waals surface area contributed by atoms with Gasteiger partial charge in [-0.05, 0) is 61.8 Å². The van der Waals surface area contributed by atoms with Crippen LogP contribution < -0.4 is 0 Å². The molecule has 0 aromatic heterocycles. The summed E-state index contributed by atoms with van der Waals surface area (Å²) < 4.78 is 5.49. The van der Waals surface area contributed by atoms with Crippen molar-refractivity contribution < 1.29 is 9.53 Å². The lowest BCUT2D eigenvalue weighted by atomic mass is 9.78. The fourth-order valence-electron chi connectivity index (χ4n) is 3.34. The summed E-state index contributed by atoms with van der Waals surface area (Å²) in [6.45, 7) is 4.34. The topological polar surface area (TPSA) is 26.3 Å². The first kappa shape index (κ1) is 11.8. The van der Waals surface area contributed by atoms with E-state index in [9.17, 15) is 4.79 Å². The summed E-state index contributed by atoms with van der Waals surface area (Å²) in [5.74, 6) is 0.412. The van der Waals surface area contributed by atoms with Crippen molar-refractivity contribution in [1.29, 1.82) is 0 Å². The third kappa shape index (κ3) is 1.94. The van der Waals surface area contributed by atoms with Gasteiger partial charge in [0.1, 0.15) is 6.10 Å². The Hall–Kier alpha value is -1.31. The molecule has 1 aromatic rings. The quantitative estimate of drug-likeness (QED) is 0.707. The van der Waals surface area contributed by atoms with Crippen LogP contribution in [0.3, 0.4) is 0 Å². The number of hydrogen-bond donors (Lipinski definition) is 0. The first-order valence-corrected chi connectivity index (χ1v) is 6.94. The Morgan fingerprint density at radius 1 is 1.11 bits per heavy atom. The van der Waals surface area contributed by atoms with Gasteiger partial charge in [-0.1, -0.05) is 12.1 Å². The van der Waals surface area contributed by atoms with Gasteiger partial charge in [0.2, 0.25) is 0 Å². The molecule has 0 bridgehead atoms. The van der Waals surface area contributed by atoms with Crippen molar-refractivity contribution in [2.24, 2.45) is 0 Å². The van der Waals surface area contributed by atoms with Gasteiger partial charge in [0.25, 0.3) is 0 Å². The van der Waals surface area contributed by atoms with Crippen LogP contribution in [0.4, 0.5) is 0 Å². The van der Waals surface area contributed by atoms with Crippen molar-refractivity contribution in [1.82, 2.24) is 0 Å². The summed E-state index contributed by atoms with van der Waals surface area (Å²) in [5.41, 5.74) is 5.63. The Bertz CT molecular complexity index is 490. The monoisotopic (exact) mass is 244 g/mol. The molecule has 0 saturated carbocycles. The fraction of sp³-hybridized carbons (Fsp3) is 0.562. The summed E-state index contributed by atoms with van der Waals surface area (Å²) in [6.07, 6.45) is 5.17. The van der Waals surface area contributed by atoms with Gasteiger partial charge in [0, 0.05) is 12.3 Å². The normalized spacial score (nSPS) is 26.9. The van der Waals surface area contributed by atoms with E-state index in [-0.39, 0.29) is 12.1 Å². The lowest BCUT2D eigenvalue weighted by Crippen LogP contribution is -2.23. The SMILES string of the molecule is Cc1cc2c(cc1C)[C@H](C1CCC(=O)O1)CCC2. The van der Waals surface area contributed by atoms with Crippen LogP contribution in [0.15, 0.2) is 12.1 Å². The van der Waals surface area contributed by atoms with Gasteiger partial charge in [-0.15, -0.1) is 0 Å². The molecule has 0 radical (unpaired) electrons. The molecule has 1 aliphatic heterocycles. The zero-order valence-electron chi connectivity index (χ0n) is 11.2. The van der Waals surface area contributed by atoms with E-state index in [1.165, 1.54) is 35.1 Å². The fourth-order valence-corrected chi connectivity index (χ4v) is 3.34. The molecule has 96 valence electrons. The second-order valence-electron chi connectivity index (χ2n) is 5.70. The van der Waals surface area contributed by atoms with E-state index < -0.39 is 0 Å². The van der Waals surface area contributed by atoms with Crippen molar-refractivity contribution in [2.45, 2.75) is 58.0 Å². The van der Waals surface area contributed by atoms with Crippen LogP contribution in [0.2, 0.25) is 0 Å². The number of fused-ring (bicyclic) bond motifs is 1. The van der Waals surface area contributed by atoms with Crippen molar-refractivity contribution in [3.8, 4) is 0 Å². The Kier molecular flexibility index (Phi) is 2.89. The number of rotatable bonds is 1. The molecule has 0 spiro atoms. The Morgan fingerprint density at radius 3 is 2.61 bits per heavy atom. The van der Waals surface area contributed by atoms with Crippen molar-refractivity contribution in [3.05, 3.63) is 34.4 Å². The Labute approximate surface area is 108 Å². The second-order valence-corrected chi connectivity index (χ2v) is 5.70. The number of carbonyl (C=O) groups excluding carboxylic acids is 1. The zero-order valence-corrected chi connectivity index (χ0v) is 11.2. The third-order valence-corrected chi connectivity index (χ3v) is 4.48. The summed E-state index contributed by atoms with van der Waals surface area (Å²) in [7, 11) is 0. The highest BCUT2D eigenvalue weighted by molar-refractivity contribution is 5.71. The van der Waals surface area contributed by atoms with Gasteiger partial charge < -0.3 is 4.74 Å². The molecule has 2 heteroatoms. The molecular weight excluding hydrogens is 224 g/mol. The highest BCUT2D eigenvalue weighted by Crippen LogP contribution is 2.39. The predicted molar refractivity (Wildman–Crippen MR) is 70.7 cm³/mol. The standard InChI is InChI=1S/C16H20O2/c1-10-8-12-4-3-5-13(14(12)9-11(10)2)15-6-7-16(17)18-15/h8-9,13,15H,3-7H2,1-2H3/t13-,15?/m1/s1. The van der Waals surface area contributed by atoms with Gasteiger partial charge in [0.05, 0.1) is 0 Å². The number of cyclic esters (lactones) is 1. The number of aryl methyl sites for hydroxylation is 3. The van der Waals surface area contributed by atoms with E-state index in [1.807, 2.05) is 0 Å². The number of ether oxygens (including phenoxy) is 1. The van der Waals surface area contributed by atoms with Crippen LogP contribution in [0.25, 0.3) is 0 Å². The molecule has 1 saturated heterocycles. The highest BCUT2D eigenvalue weighted by Gasteiger charge is 2.34. The van der Waals surface area contributed by atoms with E-state index >= 15 is 0 Å². The zero-order chi connectivity index (χ0) is 12.7. The average Bonchev–Trinajstić information content (AvgIpc) is 2.77. The first-order chi connectivity index (χ1) is 8.65. The van der Waals surface area contributed by atoms with Gasteiger partial charge in [-0.2, -0.15) is 0 Å². The van der Waals surface area contributed by atoms with Gasteiger partial charge in [-0.3, -0.25) is 4.79 Å². The molecule has 1 aromatic carbocycles. The van der Waals surface area contributed by atoms with Crippen molar-refractivity contribution in [3.63, 3.8) is 0 Å². The van der Waals surface area contributed by atoms with Crippen molar-refractivity contribution >= 4 is 5.97 Å². The number of esters is 1. The molecule has 2 atom stereocenters. The number of benzene rings is 1. The van der Waals surface area contributed by atoms with Crippen LogP contribution in [0.1, 0.15) is 53.9 Å². The maximum absolute atomic E-state index is 11.3. The molecule has 3 rings (SSSR count). The molecule has 1 unspecified atom stereocenters. The first-order valence-electron chi connectivity index (χ1n) is 6.94. The molecule has 0 N–H and O–H groups in total. The summed E-state index contributed by atoms with van der Waals surface area (Å²) in [5, 5.41) is 0. The van der Waals surface area contributed by atoms with Crippen LogP contribution in [-0.2, 0) is 16.0 Å². The summed E-state index contributed by atoms with van der Waals surface area (Å²) in [6, 6.07) is 4.65.